The Labute approximate surface area is 199 Å². The van der Waals surface area contributed by atoms with Gasteiger partial charge in [-0.3, -0.25) is 4.79 Å². The molecule has 1 heterocycles. The number of aromatic nitrogens is 2. The van der Waals surface area contributed by atoms with E-state index in [1.165, 1.54) is 70.6 Å². The number of fused-ring (bicyclic) bond motifs is 1. The Balaban J connectivity index is 1.23. The average Bonchev–Trinajstić information content (AvgIpc) is 3.27. The number of imidazole rings is 1. The standard InChI is InChI=1S/C29H41N3O/c1-2-3-4-5-6-7-8-9-10-11-12-13-14-19-28(33)30-25-22-20-24(21-23-25)29-31-26-17-15-16-18-27(26)32-29/h15-18,20-23H,2-14,19H2,1H3,(H,30,33)(H,31,32). The minimum Gasteiger partial charge on any atom is -0.338 e. The van der Waals surface area contributed by atoms with Crippen molar-refractivity contribution in [3.63, 3.8) is 0 Å². The Bertz CT molecular complexity index is 912. The third-order valence-electron chi connectivity index (χ3n) is 6.34. The molecule has 2 aromatic carbocycles. The van der Waals surface area contributed by atoms with Crippen molar-refractivity contribution in [1.29, 1.82) is 0 Å². The Morgan fingerprint density at radius 3 is 1.94 bits per heavy atom. The summed E-state index contributed by atoms with van der Waals surface area (Å²) in [5, 5.41) is 3.02. The summed E-state index contributed by atoms with van der Waals surface area (Å²) < 4.78 is 0. The highest BCUT2D eigenvalue weighted by atomic mass is 16.1. The molecule has 0 spiro atoms. The van der Waals surface area contributed by atoms with E-state index in [4.69, 9.17) is 0 Å². The quantitative estimate of drug-likeness (QED) is 0.216. The molecule has 0 aliphatic heterocycles. The molecule has 0 aliphatic carbocycles. The molecule has 4 heteroatoms. The first-order chi connectivity index (χ1) is 16.3. The molecule has 3 rings (SSSR count). The van der Waals surface area contributed by atoms with Crippen LogP contribution in [0.5, 0.6) is 0 Å². The number of carbonyl (C=O) groups is 1. The Morgan fingerprint density at radius 1 is 0.758 bits per heavy atom. The zero-order chi connectivity index (χ0) is 23.1. The fourth-order valence-corrected chi connectivity index (χ4v) is 4.33. The van der Waals surface area contributed by atoms with E-state index in [9.17, 15) is 4.79 Å². The van der Waals surface area contributed by atoms with Crippen molar-refractivity contribution in [2.45, 2.75) is 96.8 Å². The van der Waals surface area contributed by atoms with Crippen molar-refractivity contribution in [3.8, 4) is 11.4 Å². The second-order valence-electron chi connectivity index (χ2n) is 9.22. The van der Waals surface area contributed by atoms with Crippen LogP contribution in [0.2, 0.25) is 0 Å². The Morgan fingerprint density at radius 2 is 1.33 bits per heavy atom. The largest absolute Gasteiger partial charge is 0.338 e. The van der Waals surface area contributed by atoms with Crippen LogP contribution in [0.4, 0.5) is 5.69 Å². The molecule has 0 saturated heterocycles. The second kappa shape index (κ2) is 14.5. The molecule has 0 saturated carbocycles. The zero-order valence-corrected chi connectivity index (χ0v) is 20.4. The summed E-state index contributed by atoms with van der Waals surface area (Å²) >= 11 is 0. The van der Waals surface area contributed by atoms with Gasteiger partial charge in [0.1, 0.15) is 5.82 Å². The third kappa shape index (κ3) is 9.03. The van der Waals surface area contributed by atoms with Gasteiger partial charge in [0.15, 0.2) is 0 Å². The minimum absolute atomic E-state index is 0.106. The summed E-state index contributed by atoms with van der Waals surface area (Å²) in [7, 11) is 0. The molecule has 2 N–H and O–H groups in total. The molecule has 0 aliphatic rings. The molecule has 1 aromatic heterocycles. The SMILES string of the molecule is CCCCCCCCCCCCCCCC(=O)Nc1ccc(-c2nc3ccccc3[nH]2)cc1. The maximum absolute atomic E-state index is 12.3. The van der Waals surface area contributed by atoms with Gasteiger partial charge in [-0.05, 0) is 42.8 Å². The normalized spacial score (nSPS) is 11.2. The molecule has 0 radical (unpaired) electrons. The highest BCUT2D eigenvalue weighted by Gasteiger charge is 2.06. The topological polar surface area (TPSA) is 57.8 Å². The van der Waals surface area contributed by atoms with Crippen LogP contribution in [0.3, 0.4) is 0 Å². The molecular weight excluding hydrogens is 406 g/mol. The maximum atomic E-state index is 12.3. The monoisotopic (exact) mass is 447 g/mol. The molecule has 178 valence electrons. The van der Waals surface area contributed by atoms with Gasteiger partial charge in [0.2, 0.25) is 5.91 Å². The van der Waals surface area contributed by atoms with Crippen LogP contribution in [-0.4, -0.2) is 15.9 Å². The first kappa shape index (κ1) is 25.0. The summed E-state index contributed by atoms with van der Waals surface area (Å²) in [4.78, 5) is 20.2. The summed E-state index contributed by atoms with van der Waals surface area (Å²) in [5.41, 5.74) is 3.85. The van der Waals surface area contributed by atoms with Crippen molar-refractivity contribution in [1.82, 2.24) is 9.97 Å². The van der Waals surface area contributed by atoms with E-state index < -0.39 is 0 Å². The fourth-order valence-electron chi connectivity index (χ4n) is 4.33. The van der Waals surface area contributed by atoms with Gasteiger partial charge in [-0.1, -0.05) is 96.1 Å². The number of aromatic amines is 1. The molecule has 0 unspecified atom stereocenters. The van der Waals surface area contributed by atoms with Crippen LogP contribution in [0, 0.1) is 0 Å². The number of carbonyl (C=O) groups excluding carboxylic acids is 1. The van der Waals surface area contributed by atoms with E-state index in [0.29, 0.717) is 6.42 Å². The smallest absolute Gasteiger partial charge is 0.224 e. The predicted octanol–water partition coefficient (Wildman–Crippen LogP) is 8.65. The van der Waals surface area contributed by atoms with Crippen molar-refractivity contribution < 1.29 is 4.79 Å². The van der Waals surface area contributed by atoms with Gasteiger partial charge in [-0.15, -0.1) is 0 Å². The number of hydrogen-bond acceptors (Lipinski definition) is 2. The van der Waals surface area contributed by atoms with Gasteiger partial charge in [0.05, 0.1) is 11.0 Å². The average molecular weight is 448 g/mol. The number of rotatable bonds is 16. The van der Waals surface area contributed by atoms with E-state index in [1.807, 2.05) is 48.5 Å². The predicted molar refractivity (Wildman–Crippen MR) is 140 cm³/mol. The third-order valence-corrected chi connectivity index (χ3v) is 6.34. The first-order valence-corrected chi connectivity index (χ1v) is 13.1. The van der Waals surface area contributed by atoms with Crippen LogP contribution < -0.4 is 5.32 Å². The van der Waals surface area contributed by atoms with Crippen molar-refractivity contribution in [3.05, 3.63) is 48.5 Å². The second-order valence-corrected chi connectivity index (χ2v) is 9.22. The lowest BCUT2D eigenvalue weighted by Gasteiger charge is -2.06. The van der Waals surface area contributed by atoms with Gasteiger partial charge >= 0.3 is 0 Å². The zero-order valence-electron chi connectivity index (χ0n) is 20.4. The lowest BCUT2D eigenvalue weighted by Crippen LogP contribution is -2.10. The summed E-state index contributed by atoms with van der Waals surface area (Å²) in [6.07, 6.45) is 17.8. The van der Waals surface area contributed by atoms with Crippen molar-refractivity contribution in [2.75, 3.05) is 5.32 Å². The van der Waals surface area contributed by atoms with Gasteiger partial charge in [-0.25, -0.2) is 4.98 Å². The maximum Gasteiger partial charge on any atom is 0.224 e. The Kier molecular flexibility index (Phi) is 11.0. The summed E-state index contributed by atoms with van der Waals surface area (Å²) in [6.45, 7) is 2.27. The summed E-state index contributed by atoms with van der Waals surface area (Å²) in [5.74, 6) is 0.954. The van der Waals surface area contributed by atoms with E-state index in [-0.39, 0.29) is 5.91 Å². The lowest BCUT2D eigenvalue weighted by molar-refractivity contribution is -0.116. The van der Waals surface area contributed by atoms with Gasteiger partial charge in [0, 0.05) is 17.7 Å². The van der Waals surface area contributed by atoms with E-state index in [1.54, 1.807) is 0 Å². The Hall–Kier alpha value is -2.62. The number of para-hydroxylation sites is 2. The number of H-pyrrole nitrogens is 1. The molecule has 1 amide bonds. The van der Waals surface area contributed by atoms with Gasteiger partial charge < -0.3 is 10.3 Å². The number of unbranched alkanes of at least 4 members (excludes halogenated alkanes) is 12. The van der Waals surface area contributed by atoms with Crippen molar-refractivity contribution in [2.24, 2.45) is 0 Å². The highest BCUT2D eigenvalue weighted by Crippen LogP contribution is 2.22. The molecule has 0 bridgehead atoms. The van der Waals surface area contributed by atoms with Crippen LogP contribution in [-0.2, 0) is 4.79 Å². The van der Waals surface area contributed by atoms with Gasteiger partial charge in [-0.2, -0.15) is 0 Å². The number of benzene rings is 2. The first-order valence-electron chi connectivity index (χ1n) is 13.1. The van der Waals surface area contributed by atoms with Crippen LogP contribution in [0.1, 0.15) is 96.8 Å². The molecule has 4 nitrogen and oxygen atoms in total. The molecule has 0 atom stereocenters. The molecule has 33 heavy (non-hydrogen) atoms. The van der Waals surface area contributed by atoms with Gasteiger partial charge in [0.25, 0.3) is 0 Å². The van der Waals surface area contributed by atoms with Crippen LogP contribution in [0.25, 0.3) is 22.4 Å². The molecule has 3 aromatic rings. The van der Waals surface area contributed by atoms with Crippen LogP contribution in [0.15, 0.2) is 48.5 Å². The molecular formula is C29H41N3O. The highest BCUT2D eigenvalue weighted by molar-refractivity contribution is 5.91. The number of amides is 1. The van der Waals surface area contributed by atoms with E-state index in [2.05, 4.69) is 22.2 Å². The summed E-state index contributed by atoms with van der Waals surface area (Å²) in [6, 6.07) is 15.9. The van der Waals surface area contributed by atoms with E-state index >= 15 is 0 Å². The fraction of sp³-hybridized carbons (Fsp3) is 0.517. The number of hydrogen-bond donors (Lipinski definition) is 2. The number of anilines is 1. The van der Waals surface area contributed by atoms with E-state index in [0.717, 1.165) is 41.0 Å². The van der Waals surface area contributed by atoms with Crippen molar-refractivity contribution >= 4 is 22.6 Å². The number of nitrogens with zero attached hydrogens (tertiary/aromatic N) is 1. The molecule has 0 fully saturated rings. The minimum atomic E-state index is 0.106. The number of nitrogens with one attached hydrogen (secondary N) is 2. The van der Waals surface area contributed by atoms with Crippen LogP contribution >= 0.6 is 0 Å². The lowest BCUT2D eigenvalue weighted by atomic mass is 10.0.